The molecule has 0 unspecified atom stereocenters. The lowest BCUT2D eigenvalue weighted by molar-refractivity contribution is -0.139. The van der Waals surface area contributed by atoms with Crippen LogP contribution in [0.3, 0.4) is 0 Å². The number of anilines is 2. The van der Waals surface area contributed by atoms with E-state index >= 15 is 0 Å². The molecule has 0 aliphatic rings. The smallest absolute Gasteiger partial charge is 0.420 e. The van der Waals surface area contributed by atoms with E-state index in [1.807, 2.05) is 13.8 Å². The Kier molecular flexibility index (Phi) is 6.17. The van der Waals surface area contributed by atoms with Crippen LogP contribution in [0.2, 0.25) is 0 Å². The number of ether oxygens (including phenoxy) is 1. The largest absolute Gasteiger partial charge is 0.456 e. The summed E-state index contributed by atoms with van der Waals surface area (Å²) in [5, 5.41) is 0. The van der Waals surface area contributed by atoms with Crippen LogP contribution < -0.4 is 16.2 Å². The molecular formula is C16H16F6N2O. The second kappa shape index (κ2) is 7.54. The minimum Gasteiger partial charge on any atom is -0.456 e. The van der Waals surface area contributed by atoms with Gasteiger partial charge in [-0.3, -0.25) is 0 Å². The Morgan fingerprint density at radius 2 is 1.00 bits per heavy atom. The average Bonchev–Trinajstić information content (AvgIpc) is 2.50. The molecule has 25 heavy (non-hydrogen) atoms. The molecule has 0 radical (unpaired) electrons. The van der Waals surface area contributed by atoms with Crippen molar-refractivity contribution in [3.05, 3.63) is 47.5 Å². The topological polar surface area (TPSA) is 61.3 Å². The number of nitrogens with two attached hydrogens (primary N) is 2. The quantitative estimate of drug-likeness (QED) is 0.529. The minimum atomic E-state index is -4.84. The van der Waals surface area contributed by atoms with Crippen molar-refractivity contribution in [2.45, 2.75) is 26.2 Å². The molecule has 2 rings (SSSR count). The van der Waals surface area contributed by atoms with Crippen LogP contribution in [0, 0.1) is 0 Å². The molecule has 0 saturated carbocycles. The Morgan fingerprint density at radius 1 is 0.680 bits per heavy atom. The van der Waals surface area contributed by atoms with Crippen LogP contribution in [0.15, 0.2) is 36.4 Å². The highest BCUT2D eigenvalue weighted by Crippen LogP contribution is 2.43. The number of hydrogen-bond acceptors (Lipinski definition) is 3. The summed E-state index contributed by atoms with van der Waals surface area (Å²) in [6.07, 6.45) is -9.67. The fraction of sp³-hybridized carbons (Fsp3) is 0.250. The van der Waals surface area contributed by atoms with Gasteiger partial charge in [0.25, 0.3) is 0 Å². The molecule has 0 aliphatic heterocycles. The number of alkyl halides is 6. The maximum Gasteiger partial charge on any atom is 0.420 e. The van der Waals surface area contributed by atoms with E-state index in [0.29, 0.717) is 12.1 Å². The van der Waals surface area contributed by atoms with Gasteiger partial charge >= 0.3 is 12.4 Å². The summed E-state index contributed by atoms with van der Waals surface area (Å²) in [4.78, 5) is 0. The fourth-order valence-electron chi connectivity index (χ4n) is 1.83. The van der Waals surface area contributed by atoms with Crippen molar-refractivity contribution < 1.29 is 31.1 Å². The van der Waals surface area contributed by atoms with Crippen LogP contribution in [0.1, 0.15) is 25.0 Å². The zero-order chi connectivity index (χ0) is 19.4. The summed E-state index contributed by atoms with van der Waals surface area (Å²) in [5.41, 5.74) is 7.63. The molecule has 0 aliphatic carbocycles. The van der Waals surface area contributed by atoms with Crippen LogP contribution in [0.4, 0.5) is 37.7 Å². The first kappa shape index (κ1) is 20.5. The number of rotatable bonds is 2. The van der Waals surface area contributed by atoms with Gasteiger partial charge in [-0.1, -0.05) is 13.8 Å². The first-order chi connectivity index (χ1) is 11.5. The predicted octanol–water partition coefficient (Wildman–Crippen LogP) is 5.71. The van der Waals surface area contributed by atoms with Gasteiger partial charge in [0.15, 0.2) is 0 Å². The van der Waals surface area contributed by atoms with E-state index in [0.717, 1.165) is 24.3 Å². The highest BCUT2D eigenvalue weighted by Gasteiger charge is 2.37. The van der Waals surface area contributed by atoms with Gasteiger partial charge in [0.2, 0.25) is 0 Å². The zero-order valence-electron chi connectivity index (χ0n) is 13.3. The first-order valence-corrected chi connectivity index (χ1v) is 7.10. The average molecular weight is 366 g/mol. The van der Waals surface area contributed by atoms with Crippen LogP contribution >= 0.6 is 0 Å². The third kappa shape index (κ3) is 5.20. The molecule has 0 saturated heterocycles. The van der Waals surface area contributed by atoms with Gasteiger partial charge in [-0.05, 0) is 36.4 Å². The maximum atomic E-state index is 13.0. The molecule has 2 aromatic carbocycles. The molecule has 0 heterocycles. The van der Waals surface area contributed by atoms with E-state index in [2.05, 4.69) is 0 Å². The predicted molar refractivity (Wildman–Crippen MR) is 83.1 cm³/mol. The summed E-state index contributed by atoms with van der Waals surface area (Å²) in [6.45, 7) is 4.00. The van der Waals surface area contributed by atoms with Crippen molar-refractivity contribution in [3.63, 3.8) is 0 Å². The first-order valence-electron chi connectivity index (χ1n) is 7.10. The maximum absolute atomic E-state index is 13.0. The van der Waals surface area contributed by atoms with Crippen molar-refractivity contribution in [2.24, 2.45) is 0 Å². The zero-order valence-corrected chi connectivity index (χ0v) is 13.3. The molecule has 0 aromatic heterocycles. The van der Waals surface area contributed by atoms with Crippen LogP contribution in [-0.2, 0) is 12.4 Å². The van der Waals surface area contributed by atoms with Gasteiger partial charge in [0, 0.05) is 11.4 Å². The van der Waals surface area contributed by atoms with Gasteiger partial charge in [0.1, 0.15) is 22.6 Å². The lowest BCUT2D eigenvalue weighted by Gasteiger charge is -2.17. The molecule has 9 heteroatoms. The molecule has 138 valence electrons. The summed E-state index contributed by atoms with van der Waals surface area (Å²) in [7, 11) is 0. The monoisotopic (exact) mass is 366 g/mol. The van der Waals surface area contributed by atoms with Crippen molar-refractivity contribution in [3.8, 4) is 11.5 Å². The number of halogens is 6. The molecule has 0 bridgehead atoms. The van der Waals surface area contributed by atoms with Gasteiger partial charge in [-0.15, -0.1) is 0 Å². The molecule has 0 amide bonds. The van der Waals surface area contributed by atoms with E-state index in [4.69, 9.17) is 16.2 Å². The molecule has 0 spiro atoms. The summed E-state index contributed by atoms with van der Waals surface area (Å²) >= 11 is 0. The van der Waals surface area contributed by atoms with E-state index in [9.17, 15) is 26.3 Å². The van der Waals surface area contributed by atoms with Crippen LogP contribution in [0.25, 0.3) is 0 Å². The van der Waals surface area contributed by atoms with Crippen LogP contribution in [0.5, 0.6) is 11.5 Å². The Hall–Kier alpha value is -2.58. The molecular weight excluding hydrogens is 350 g/mol. The van der Waals surface area contributed by atoms with Crippen molar-refractivity contribution in [2.75, 3.05) is 11.5 Å². The van der Waals surface area contributed by atoms with E-state index in [1.54, 1.807) is 0 Å². The minimum absolute atomic E-state index is 0.196. The summed E-state index contributed by atoms with van der Waals surface area (Å²) in [6, 6.07) is 5.06. The van der Waals surface area contributed by atoms with Crippen molar-refractivity contribution in [1.82, 2.24) is 0 Å². The van der Waals surface area contributed by atoms with E-state index < -0.39 is 35.0 Å². The summed E-state index contributed by atoms with van der Waals surface area (Å²) in [5.74, 6) is -1.58. The molecule has 2 aromatic rings. The SMILES string of the molecule is CC.Nc1ccc(Oc2ccc(N)cc2C(F)(F)F)c(C(F)(F)F)c1. The highest BCUT2D eigenvalue weighted by atomic mass is 19.4. The van der Waals surface area contributed by atoms with Gasteiger partial charge in [-0.2, -0.15) is 26.3 Å². The Labute approximate surface area is 140 Å². The normalized spacial score (nSPS) is 11.5. The summed E-state index contributed by atoms with van der Waals surface area (Å²) < 4.78 is 82.6. The lowest BCUT2D eigenvalue weighted by atomic mass is 10.1. The highest BCUT2D eigenvalue weighted by molar-refractivity contribution is 5.53. The lowest BCUT2D eigenvalue weighted by Crippen LogP contribution is -2.11. The van der Waals surface area contributed by atoms with Gasteiger partial charge in [0.05, 0.1) is 0 Å². The standard InChI is InChI=1S/C14H10F6N2O.C2H6/c15-13(16,17)9-5-7(21)1-3-11(9)23-12-4-2-8(22)6-10(12)14(18,19)20;1-2/h1-6H,21-22H2;1-2H3. The molecule has 0 atom stereocenters. The number of benzene rings is 2. The second-order valence-corrected chi connectivity index (χ2v) is 4.61. The van der Waals surface area contributed by atoms with Crippen molar-refractivity contribution >= 4 is 11.4 Å². The fourth-order valence-corrected chi connectivity index (χ4v) is 1.83. The Balaban J connectivity index is 0.00000151. The third-order valence-electron chi connectivity index (χ3n) is 2.84. The number of hydrogen-bond donors (Lipinski definition) is 2. The van der Waals surface area contributed by atoms with Crippen molar-refractivity contribution in [1.29, 1.82) is 0 Å². The third-order valence-corrected chi connectivity index (χ3v) is 2.84. The second-order valence-electron chi connectivity index (χ2n) is 4.61. The van der Waals surface area contributed by atoms with Gasteiger partial charge in [-0.25, -0.2) is 0 Å². The van der Waals surface area contributed by atoms with Crippen LogP contribution in [-0.4, -0.2) is 0 Å². The molecule has 3 nitrogen and oxygen atoms in total. The van der Waals surface area contributed by atoms with E-state index in [-0.39, 0.29) is 11.4 Å². The Bertz CT molecular complexity index is 664. The molecule has 4 N–H and O–H groups in total. The van der Waals surface area contributed by atoms with E-state index in [1.165, 1.54) is 0 Å². The Morgan fingerprint density at radius 3 is 1.28 bits per heavy atom. The number of nitrogen functional groups attached to an aromatic ring is 2. The molecule has 0 fully saturated rings. The van der Waals surface area contributed by atoms with Gasteiger partial charge < -0.3 is 16.2 Å².